The largest absolute Gasteiger partial charge is 0.478 e. The third kappa shape index (κ3) is 2.62. The van der Waals surface area contributed by atoms with E-state index in [2.05, 4.69) is 20.6 Å². The number of aromatic carboxylic acids is 1. The van der Waals surface area contributed by atoms with Crippen LogP contribution in [0.4, 0.5) is 0 Å². The number of hydrogen-bond donors (Lipinski definition) is 1. The molecule has 0 saturated carbocycles. The van der Waals surface area contributed by atoms with Crippen LogP contribution in [-0.4, -0.2) is 19.8 Å². The zero-order chi connectivity index (χ0) is 14.8. The minimum absolute atomic E-state index is 0.252. The van der Waals surface area contributed by atoms with Gasteiger partial charge < -0.3 is 5.11 Å². The van der Waals surface area contributed by atoms with Crippen molar-refractivity contribution in [1.29, 1.82) is 0 Å². The number of carbonyl (C=O) groups is 1. The maximum Gasteiger partial charge on any atom is 0.335 e. The molecule has 0 radical (unpaired) electrons. The van der Waals surface area contributed by atoms with Crippen molar-refractivity contribution in [1.82, 2.24) is 8.75 Å². The summed E-state index contributed by atoms with van der Waals surface area (Å²) in [7, 11) is 0. The number of carboxylic acids is 1. The van der Waals surface area contributed by atoms with Crippen LogP contribution in [0.25, 0.3) is 11.0 Å². The molecular formula is C16H10N2O2S. The number of nitrogens with zero attached hydrogens (tertiary/aromatic N) is 2. The average molecular weight is 294 g/mol. The van der Waals surface area contributed by atoms with Crippen molar-refractivity contribution in [3.63, 3.8) is 0 Å². The summed E-state index contributed by atoms with van der Waals surface area (Å²) in [5.74, 6) is 5.15. The molecule has 0 unspecified atom stereocenters. The Morgan fingerprint density at radius 3 is 2.48 bits per heavy atom. The lowest BCUT2D eigenvalue weighted by Gasteiger charge is -1.96. The van der Waals surface area contributed by atoms with Gasteiger partial charge in [0.05, 0.1) is 22.9 Å². The predicted molar refractivity (Wildman–Crippen MR) is 81.5 cm³/mol. The smallest absolute Gasteiger partial charge is 0.335 e. The monoisotopic (exact) mass is 294 g/mol. The van der Waals surface area contributed by atoms with Gasteiger partial charge in [-0.1, -0.05) is 17.9 Å². The van der Waals surface area contributed by atoms with Crippen molar-refractivity contribution in [2.45, 2.75) is 6.92 Å². The van der Waals surface area contributed by atoms with Gasteiger partial charge in [-0.05, 0) is 42.8 Å². The Morgan fingerprint density at radius 1 is 1.05 bits per heavy atom. The van der Waals surface area contributed by atoms with Gasteiger partial charge in [-0.3, -0.25) is 0 Å². The SMILES string of the molecule is Cc1ccc(C#Cc2ccc(C(=O)O)cc2)c2nsnc12. The normalized spacial score (nSPS) is 10.1. The molecule has 0 aliphatic rings. The summed E-state index contributed by atoms with van der Waals surface area (Å²) in [4.78, 5) is 10.8. The highest BCUT2D eigenvalue weighted by molar-refractivity contribution is 7.00. The Morgan fingerprint density at radius 2 is 1.76 bits per heavy atom. The zero-order valence-electron chi connectivity index (χ0n) is 11.1. The van der Waals surface area contributed by atoms with Crippen molar-refractivity contribution in [2.75, 3.05) is 0 Å². The number of rotatable bonds is 1. The molecule has 1 heterocycles. The van der Waals surface area contributed by atoms with Gasteiger partial charge in [0.2, 0.25) is 0 Å². The molecule has 21 heavy (non-hydrogen) atoms. The molecule has 3 aromatic rings. The molecule has 0 saturated heterocycles. The molecule has 0 amide bonds. The first-order chi connectivity index (χ1) is 10.1. The van der Waals surface area contributed by atoms with Gasteiger partial charge in [0.15, 0.2) is 0 Å². The quantitative estimate of drug-likeness (QED) is 0.700. The van der Waals surface area contributed by atoms with Gasteiger partial charge in [-0.25, -0.2) is 4.79 Å². The molecule has 0 fully saturated rings. The van der Waals surface area contributed by atoms with Crippen LogP contribution in [0, 0.1) is 18.8 Å². The van der Waals surface area contributed by atoms with E-state index in [0.717, 1.165) is 27.7 Å². The second kappa shape index (κ2) is 5.35. The number of aryl methyl sites for hydroxylation is 1. The highest BCUT2D eigenvalue weighted by Crippen LogP contribution is 2.19. The van der Waals surface area contributed by atoms with E-state index in [-0.39, 0.29) is 5.56 Å². The Hall–Kier alpha value is -2.71. The van der Waals surface area contributed by atoms with Crippen molar-refractivity contribution in [3.05, 3.63) is 58.7 Å². The van der Waals surface area contributed by atoms with Crippen molar-refractivity contribution >= 4 is 28.7 Å². The molecular weight excluding hydrogens is 284 g/mol. The van der Waals surface area contributed by atoms with Crippen LogP contribution in [0.1, 0.15) is 27.0 Å². The molecule has 0 aliphatic heterocycles. The minimum atomic E-state index is -0.941. The van der Waals surface area contributed by atoms with Crippen LogP contribution < -0.4 is 0 Å². The van der Waals surface area contributed by atoms with E-state index in [1.165, 1.54) is 11.7 Å². The Labute approximate surface area is 125 Å². The highest BCUT2D eigenvalue weighted by atomic mass is 32.1. The lowest BCUT2D eigenvalue weighted by atomic mass is 10.1. The van der Waals surface area contributed by atoms with E-state index >= 15 is 0 Å². The number of carboxylic acid groups (broad SMARTS) is 1. The molecule has 3 rings (SSSR count). The standard InChI is InChI=1S/C16H10N2O2S/c1-10-2-6-12(15-14(10)17-21-18-15)7-3-11-4-8-13(9-5-11)16(19)20/h2,4-6,8-9H,1H3,(H,19,20). The topological polar surface area (TPSA) is 63.1 Å². The van der Waals surface area contributed by atoms with E-state index in [0.29, 0.717) is 0 Å². The number of benzene rings is 2. The number of hydrogen-bond acceptors (Lipinski definition) is 4. The highest BCUT2D eigenvalue weighted by Gasteiger charge is 2.06. The molecule has 0 bridgehead atoms. The van der Waals surface area contributed by atoms with Crippen LogP contribution in [0.15, 0.2) is 36.4 Å². The minimum Gasteiger partial charge on any atom is -0.478 e. The Kier molecular flexibility index (Phi) is 3.38. The summed E-state index contributed by atoms with van der Waals surface area (Å²) >= 11 is 1.17. The summed E-state index contributed by atoms with van der Waals surface area (Å²) < 4.78 is 8.54. The van der Waals surface area contributed by atoms with Crippen LogP contribution in [0.5, 0.6) is 0 Å². The van der Waals surface area contributed by atoms with Crippen molar-refractivity contribution in [3.8, 4) is 11.8 Å². The molecule has 0 spiro atoms. The van der Waals surface area contributed by atoms with Gasteiger partial charge in [0, 0.05) is 5.56 Å². The van der Waals surface area contributed by atoms with Crippen LogP contribution in [-0.2, 0) is 0 Å². The fourth-order valence-electron chi connectivity index (χ4n) is 1.93. The molecule has 0 atom stereocenters. The predicted octanol–water partition coefficient (Wildman–Crippen LogP) is 3.10. The number of fused-ring (bicyclic) bond motifs is 1. The van der Waals surface area contributed by atoms with E-state index < -0.39 is 5.97 Å². The van der Waals surface area contributed by atoms with E-state index in [4.69, 9.17) is 5.11 Å². The molecule has 2 aromatic carbocycles. The first-order valence-corrected chi connectivity index (χ1v) is 6.95. The number of aromatic nitrogens is 2. The maximum absolute atomic E-state index is 10.8. The first-order valence-electron chi connectivity index (χ1n) is 6.22. The maximum atomic E-state index is 10.8. The summed E-state index contributed by atoms with van der Waals surface area (Å²) in [6, 6.07) is 10.4. The fourth-order valence-corrected chi connectivity index (χ4v) is 2.55. The van der Waals surface area contributed by atoms with Gasteiger partial charge >= 0.3 is 5.97 Å². The van der Waals surface area contributed by atoms with Crippen LogP contribution >= 0.6 is 11.7 Å². The lowest BCUT2D eigenvalue weighted by molar-refractivity contribution is 0.0697. The molecule has 1 N–H and O–H groups in total. The van der Waals surface area contributed by atoms with Crippen molar-refractivity contribution in [2.24, 2.45) is 0 Å². The molecule has 102 valence electrons. The van der Waals surface area contributed by atoms with Gasteiger partial charge in [0.25, 0.3) is 0 Å². The first kappa shape index (κ1) is 13.3. The van der Waals surface area contributed by atoms with E-state index in [1.807, 2.05) is 19.1 Å². The summed E-state index contributed by atoms with van der Waals surface area (Å²) in [6.45, 7) is 1.99. The van der Waals surface area contributed by atoms with Crippen molar-refractivity contribution < 1.29 is 9.90 Å². The molecule has 0 aliphatic carbocycles. The third-order valence-electron chi connectivity index (χ3n) is 3.09. The second-order valence-electron chi connectivity index (χ2n) is 4.52. The van der Waals surface area contributed by atoms with E-state index in [1.54, 1.807) is 24.3 Å². The Balaban J connectivity index is 1.98. The molecule has 5 heteroatoms. The summed E-state index contributed by atoms with van der Waals surface area (Å²) in [6.07, 6.45) is 0. The average Bonchev–Trinajstić information content (AvgIpc) is 2.97. The third-order valence-corrected chi connectivity index (χ3v) is 3.62. The van der Waals surface area contributed by atoms with E-state index in [9.17, 15) is 4.79 Å². The van der Waals surface area contributed by atoms with Crippen LogP contribution in [0.3, 0.4) is 0 Å². The molecule has 1 aromatic heterocycles. The summed E-state index contributed by atoms with van der Waals surface area (Å²) in [5, 5.41) is 8.85. The van der Waals surface area contributed by atoms with Gasteiger partial charge in [0.1, 0.15) is 11.0 Å². The van der Waals surface area contributed by atoms with Gasteiger partial charge in [-0.2, -0.15) is 8.75 Å². The fraction of sp³-hybridized carbons (Fsp3) is 0.0625. The van der Waals surface area contributed by atoms with Crippen LogP contribution in [0.2, 0.25) is 0 Å². The zero-order valence-corrected chi connectivity index (χ0v) is 11.9. The molecule has 4 nitrogen and oxygen atoms in total. The summed E-state index contributed by atoms with van der Waals surface area (Å²) in [5.41, 5.74) is 4.61. The lowest BCUT2D eigenvalue weighted by Crippen LogP contribution is -1.94. The Bertz CT molecular complexity index is 886. The van der Waals surface area contributed by atoms with Gasteiger partial charge in [-0.15, -0.1) is 0 Å². The second-order valence-corrected chi connectivity index (χ2v) is 5.05.